The number of nitrogens with zero attached hydrogens (tertiary/aromatic N) is 1. The highest BCUT2D eigenvalue weighted by Gasteiger charge is 2.30. The first-order valence-corrected chi connectivity index (χ1v) is 8.07. The maximum atomic E-state index is 11.5. The molecular formula is C16H21N3O4. The molecule has 2 atom stereocenters. The van der Waals surface area contributed by atoms with Gasteiger partial charge in [-0.05, 0) is 43.2 Å². The summed E-state index contributed by atoms with van der Waals surface area (Å²) in [6, 6.07) is 3.37. The van der Waals surface area contributed by atoms with E-state index >= 15 is 0 Å². The van der Waals surface area contributed by atoms with Crippen LogP contribution in [-0.2, 0) is 11.2 Å². The minimum absolute atomic E-state index is 0.0505. The lowest BCUT2D eigenvalue weighted by atomic mass is 9.98. The third-order valence-electron chi connectivity index (χ3n) is 4.81. The predicted octanol–water partition coefficient (Wildman–Crippen LogP) is 2.44. The summed E-state index contributed by atoms with van der Waals surface area (Å²) in [6.07, 6.45) is 4.60. The smallest absolute Gasteiger partial charge is 0.292 e. The number of rotatable bonds is 5. The maximum Gasteiger partial charge on any atom is 0.292 e. The Labute approximate surface area is 134 Å². The molecule has 0 aromatic heterocycles. The topological polar surface area (TPSA) is 104 Å². The second kappa shape index (κ2) is 6.54. The standard InChI is InChI=1S/C16H21N3O4/c20-7-6-10-2-1-3-12(10)17-14-9-13-11(4-5-16(21)18-13)8-15(14)19(22)23/h8-10,12,17,20H,1-7H2,(H,18,21). The lowest BCUT2D eigenvalue weighted by Crippen LogP contribution is -2.26. The van der Waals surface area contributed by atoms with Gasteiger partial charge in [0, 0.05) is 30.8 Å². The van der Waals surface area contributed by atoms with Gasteiger partial charge in [-0.25, -0.2) is 0 Å². The van der Waals surface area contributed by atoms with Crippen molar-refractivity contribution in [3.8, 4) is 0 Å². The monoisotopic (exact) mass is 319 g/mol. The van der Waals surface area contributed by atoms with Crippen LogP contribution in [0.1, 0.15) is 37.7 Å². The Morgan fingerprint density at radius 1 is 1.35 bits per heavy atom. The lowest BCUT2D eigenvalue weighted by Gasteiger charge is -2.23. The van der Waals surface area contributed by atoms with E-state index in [1.807, 2.05) is 0 Å². The number of hydrogen-bond donors (Lipinski definition) is 3. The Bertz CT molecular complexity index is 632. The van der Waals surface area contributed by atoms with Crippen LogP contribution in [0.25, 0.3) is 0 Å². The molecule has 7 heteroatoms. The minimum atomic E-state index is -0.380. The van der Waals surface area contributed by atoms with Gasteiger partial charge in [0.25, 0.3) is 5.69 Å². The van der Waals surface area contributed by atoms with Crippen LogP contribution in [0.4, 0.5) is 17.1 Å². The lowest BCUT2D eigenvalue weighted by molar-refractivity contribution is -0.384. The van der Waals surface area contributed by atoms with Crippen molar-refractivity contribution in [3.05, 3.63) is 27.8 Å². The van der Waals surface area contributed by atoms with E-state index in [-0.39, 0.29) is 29.2 Å². The van der Waals surface area contributed by atoms with Gasteiger partial charge in [-0.1, -0.05) is 6.42 Å². The number of aryl methyl sites for hydroxylation is 1. The van der Waals surface area contributed by atoms with Crippen LogP contribution in [0.15, 0.2) is 12.1 Å². The van der Waals surface area contributed by atoms with Crippen LogP contribution in [0, 0.1) is 16.0 Å². The molecule has 3 rings (SSSR count). The van der Waals surface area contributed by atoms with Crippen molar-refractivity contribution in [1.82, 2.24) is 0 Å². The van der Waals surface area contributed by atoms with Crippen LogP contribution in [0.3, 0.4) is 0 Å². The molecule has 2 unspecified atom stereocenters. The number of nitro groups is 1. The fourth-order valence-electron chi connectivity index (χ4n) is 3.62. The van der Waals surface area contributed by atoms with E-state index in [0.717, 1.165) is 24.8 Å². The van der Waals surface area contributed by atoms with Crippen molar-refractivity contribution < 1.29 is 14.8 Å². The van der Waals surface area contributed by atoms with Gasteiger partial charge in [-0.2, -0.15) is 0 Å². The van der Waals surface area contributed by atoms with E-state index in [0.29, 0.717) is 36.6 Å². The van der Waals surface area contributed by atoms with E-state index in [4.69, 9.17) is 5.11 Å². The Morgan fingerprint density at radius 3 is 2.91 bits per heavy atom. The van der Waals surface area contributed by atoms with E-state index in [1.165, 1.54) is 0 Å². The first kappa shape index (κ1) is 15.7. The van der Waals surface area contributed by atoms with Gasteiger partial charge in [0.15, 0.2) is 0 Å². The quantitative estimate of drug-likeness (QED) is 0.571. The number of benzene rings is 1. The molecule has 0 spiro atoms. The Kier molecular flexibility index (Phi) is 4.47. The van der Waals surface area contributed by atoms with Gasteiger partial charge >= 0.3 is 0 Å². The van der Waals surface area contributed by atoms with Gasteiger partial charge in [0.2, 0.25) is 5.91 Å². The summed E-state index contributed by atoms with van der Waals surface area (Å²) < 4.78 is 0. The van der Waals surface area contributed by atoms with Crippen molar-refractivity contribution in [3.63, 3.8) is 0 Å². The molecule has 7 nitrogen and oxygen atoms in total. The molecule has 2 aliphatic rings. The minimum Gasteiger partial charge on any atom is -0.396 e. The van der Waals surface area contributed by atoms with Crippen molar-refractivity contribution in [2.45, 2.75) is 44.6 Å². The van der Waals surface area contributed by atoms with Crippen LogP contribution in [-0.4, -0.2) is 28.6 Å². The first-order chi connectivity index (χ1) is 11.1. The summed E-state index contributed by atoms with van der Waals surface area (Å²) in [7, 11) is 0. The van der Waals surface area contributed by atoms with Gasteiger partial charge < -0.3 is 15.7 Å². The van der Waals surface area contributed by atoms with Gasteiger partial charge in [-0.3, -0.25) is 14.9 Å². The average molecular weight is 319 g/mol. The Hall–Kier alpha value is -2.15. The zero-order valence-corrected chi connectivity index (χ0v) is 12.9. The van der Waals surface area contributed by atoms with Crippen molar-refractivity contribution in [2.24, 2.45) is 5.92 Å². The van der Waals surface area contributed by atoms with E-state index in [1.54, 1.807) is 12.1 Å². The molecular weight excluding hydrogens is 298 g/mol. The summed E-state index contributed by atoms with van der Waals surface area (Å²) in [6.45, 7) is 0.130. The average Bonchev–Trinajstić information content (AvgIpc) is 2.94. The third kappa shape index (κ3) is 3.29. The van der Waals surface area contributed by atoms with Crippen molar-refractivity contribution in [1.29, 1.82) is 0 Å². The molecule has 1 aliphatic heterocycles. The molecule has 3 N–H and O–H groups in total. The van der Waals surface area contributed by atoms with Gasteiger partial charge in [0.1, 0.15) is 5.69 Å². The molecule has 0 bridgehead atoms. The van der Waals surface area contributed by atoms with Crippen LogP contribution in [0.5, 0.6) is 0 Å². The second-order valence-corrected chi connectivity index (χ2v) is 6.29. The Morgan fingerprint density at radius 2 is 2.17 bits per heavy atom. The molecule has 1 amide bonds. The zero-order chi connectivity index (χ0) is 16.4. The fourth-order valence-corrected chi connectivity index (χ4v) is 3.62. The second-order valence-electron chi connectivity index (χ2n) is 6.29. The van der Waals surface area contributed by atoms with Crippen LogP contribution in [0.2, 0.25) is 0 Å². The number of nitro benzene ring substituents is 1. The molecule has 1 heterocycles. The highest BCUT2D eigenvalue weighted by atomic mass is 16.6. The third-order valence-corrected chi connectivity index (χ3v) is 4.81. The summed E-state index contributed by atoms with van der Waals surface area (Å²) in [5.74, 6) is 0.265. The molecule has 1 aromatic carbocycles. The molecule has 0 saturated heterocycles. The number of fused-ring (bicyclic) bond motifs is 1. The normalized spacial score (nSPS) is 23.3. The molecule has 1 fully saturated rings. The predicted molar refractivity (Wildman–Crippen MR) is 86.5 cm³/mol. The highest BCUT2D eigenvalue weighted by molar-refractivity contribution is 5.95. The Balaban J connectivity index is 1.89. The fraction of sp³-hybridized carbons (Fsp3) is 0.562. The van der Waals surface area contributed by atoms with Crippen LogP contribution < -0.4 is 10.6 Å². The zero-order valence-electron chi connectivity index (χ0n) is 12.9. The summed E-state index contributed by atoms with van der Waals surface area (Å²) >= 11 is 0. The number of aliphatic hydroxyl groups is 1. The number of carbonyl (C=O) groups excluding carboxylic acids is 1. The molecule has 0 radical (unpaired) electrons. The summed E-state index contributed by atoms with van der Waals surface area (Å²) in [5, 5.41) is 26.6. The number of nitrogens with one attached hydrogen (secondary N) is 2. The largest absolute Gasteiger partial charge is 0.396 e. The summed E-state index contributed by atoms with van der Waals surface area (Å²) in [5.41, 5.74) is 1.96. The van der Waals surface area contributed by atoms with E-state index < -0.39 is 0 Å². The molecule has 1 aliphatic carbocycles. The number of hydrogen-bond acceptors (Lipinski definition) is 5. The van der Waals surface area contributed by atoms with E-state index in [2.05, 4.69) is 10.6 Å². The van der Waals surface area contributed by atoms with Crippen LogP contribution >= 0.6 is 0 Å². The molecule has 1 saturated carbocycles. The van der Waals surface area contributed by atoms with Gasteiger partial charge in [0.05, 0.1) is 4.92 Å². The number of aliphatic hydroxyl groups excluding tert-OH is 1. The van der Waals surface area contributed by atoms with E-state index in [9.17, 15) is 14.9 Å². The van der Waals surface area contributed by atoms with Crippen molar-refractivity contribution >= 4 is 23.0 Å². The maximum absolute atomic E-state index is 11.5. The van der Waals surface area contributed by atoms with Gasteiger partial charge in [-0.15, -0.1) is 0 Å². The first-order valence-electron chi connectivity index (χ1n) is 8.07. The van der Waals surface area contributed by atoms with Crippen molar-refractivity contribution in [2.75, 3.05) is 17.2 Å². The highest BCUT2D eigenvalue weighted by Crippen LogP contribution is 2.37. The molecule has 124 valence electrons. The summed E-state index contributed by atoms with van der Waals surface area (Å²) in [4.78, 5) is 22.6. The molecule has 1 aromatic rings. The number of carbonyl (C=O) groups is 1. The SMILES string of the molecule is O=C1CCc2cc([N+](=O)[O-])c(NC3CCCC3CCO)cc2N1. The molecule has 23 heavy (non-hydrogen) atoms. The number of amides is 1. The number of anilines is 2.